The molecule has 0 saturated carbocycles. The summed E-state index contributed by atoms with van der Waals surface area (Å²) in [5.41, 5.74) is 0.653. The Kier molecular flexibility index (Phi) is 6.96. The van der Waals surface area contributed by atoms with Crippen LogP contribution in [-0.4, -0.2) is 79.1 Å². The van der Waals surface area contributed by atoms with E-state index >= 15 is 0 Å². The van der Waals surface area contributed by atoms with E-state index in [1.54, 1.807) is 18.2 Å². The van der Waals surface area contributed by atoms with E-state index < -0.39 is 0 Å². The number of carbonyl (C=O) groups excluding carboxylic acids is 2. The molecule has 0 atom stereocenters. The molecular formula is C19H28N4O3. The Hall–Kier alpha value is -1.99. The summed E-state index contributed by atoms with van der Waals surface area (Å²) in [4.78, 5) is 33.4. The highest BCUT2D eigenvalue weighted by Crippen LogP contribution is 2.12. The van der Waals surface area contributed by atoms with E-state index in [1.807, 2.05) is 4.90 Å². The van der Waals surface area contributed by atoms with Crippen molar-refractivity contribution in [2.24, 2.45) is 0 Å². The van der Waals surface area contributed by atoms with Crippen molar-refractivity contribution in [3.8, 4) is 0 Å². The van der Waals surface area contributed by atoms with Gasteiger partial charge in [0.25, 0.3) is 11.8 Å². The maximum Gasteiger partial charge on any atom is 0.272 e. The van der Waals surface area contributed by atoms with Gasteiger partial charge in [0.05, 0.1) is 13.2 Å². The molecule has 3 heterocycles. The molecule has 26 heavy (non-hydrogen) atoms. The Labute approximate surface area is 154 Å². The zero-order valence-corrected chi connectivity index (χ0v) is 15.3. The topological polar surface area (TPSA) is 74.8 Å². The average Bonchev–Trinajstić information content (AvgIpc) is 2.98. The molecule has 7 nitrogen and oxygen atoms in total. The van der Waals surface area contributed by atoms with Crippen LogP contribution in [0.3, 0.4) is 0 Å². The van der Waals surface area contributed by atoms with Gasteiger partial charge in [-0.2, -0.15) is 0 Å². The number of amides is 2. The zero-order valence-electron chi connectivity index (χ0n) is 15.3. The molecule has 2 fully saturated rings. The van der Waals surface area contributed by atoms with Crippen molar-refractivity contribution in [3.63, 3.8) is 0 Å². The molecule has 0 aromatic carbocycles. The van der Waals surface area contributed by atoms with Gasteiger partial charge < -0.3 is 15.0 Å². The first-order valence-corrected chi connectivity index (χ1v) is 9.59. The van der Waals surface area contributed by atoms with Crippen LogP contribution >= 0.6 is 0 Å². The average molecular weight is 360 g/mol. The number of ether oxygens (including phenoxy) is 1. The summed E-state index contributed by atoms with van der Waals surface area (Å²) in [7, 11) is 0. The molecule has 2 aliphatic heterocycles. The number of nitrogens with one attached hydrogen (secondary N) is 1. The van der Waals surface area contributed by atoms with Crippen LogP contribution in [0.5, 0.6) is 0 Å². The van der Waals surface area contributed by atoms with Crippen LogP contribution in [0.15, 0.2) is 18.2 Å². The second kappa shape index (κ2) is 9.64. The molecule has 1 aromatic heterocycles. The minimum Gasteiger partial charge on any atom is -0.379 e. The van der Waals surface area contributed by atoms with Gasteiger partial charge in [0.15, 0.2) is 0 Å². The number of likely N-dealkylation sites (tertiary alicyclic amines) is 1. The SMILES string of the molecule is O=C(NCCN1CCOCC1)c1cccc(C(=O)N2CCCCCC2)n1. The predicted octanol–water partition coefficient (Wildman–Crippen LogP) is 1.16. The first kappa shape index (κ1) is 18.8. The number of nitrogens with zero attached hydrogens (tertiary/aromatic N) is 3. The van der Waals surface area contributed by atoms with Crippen molar-refractivity contribution in [2.75, 3.05) is 52.5 Å². The second-order valence-electron chi connectivity index (χ2n) is 6.82. The van der Waals surface area contributed by atoms with Crippen molar-refractivity contribution in [1.82, 2.24) is 20.1 Å². The Morgan fingerprint density at radius 1 is 1.00 bits per heavy atom. The van der Waals surface area contributed by atoms with Crippen molar-refractivity contribution < 1.29 is 14.3 Å². The molecule has 0 unspecified atom stereocenters. The second-order valence-corrected chi connectivity index (χ2v) is 6.82. The third kappa shape index (κ3) is 5.25. The van der Waals surface area contributed by atoms with E-state index in [4.69, 9.17) is 4.74 Å². The molecule has 2 aliphatic rings. The van der Waals surface area contributed by atoms with Crippen molar-refractivity contribution in [3.05, 3.63) is 29.6 Å². The van der Waals surface area contributed by atoms with E-state index in [1.165, 1.54) is 12.8 Å². The molecule has 0 aliphatic carbocycles. The lowest BCUT2D eigenvalue weighted by molar-refractivity contribution is 0.0383. The third-order valence-electron chi connectivity index (χ3n) is 4.91. The summed E-state index contributed by atoms with van der Waals surface area (Å²) < 4.78 is 5.31. The lowest BCUT2D eigenvalue weighted by Gasteiger charge is -2.26. The Morgan fingerprint density at radius 2 is 1.69 bits per heavy atom. The Bertz CT molecular complexity index is 609. The molecule has 2 saturated heterocycles. The smallest absolute Gasteiger partial charge is 0.272 e. The van der Waals surface area contributed by atoms with Gasteiger partial charge in [-0.1, -0.05) is 18.9 Å². The number of aromatic nitrogens is 1. The number of pyridine rings is 1. The van der Waals surface area contributed by atoms with Crippen LogP contribution in [-0.2, 0) is 4.74 Å². The van der Waals surface area contributed by atoms with Crippen LogP contribution < -0.4 is 5.32 Å². The van der Waals surface area contributed by atoms with Gasteiger partial charge >= 0.3 is 0 Å². The molecule has 1 aromatic rings. The standard InChI is InChI=1S/C19H28N4O3/c24-18(20-8-11-22-12-14-26-15-13-22)16-6-5-7-17(21-16)19(25)23-9-3-1-2-4-10-23/h5-7H,1-4,8-15H2,(H,20,24). The van der Waals surface area contributed by atoms with Gasteiger partial charge in [0.1, 0.15) is 11.4 Å². The minimum absolute atomic E-state index is 0.0742. The van der Waals surface area contributed by atoms with Crippen LogP contribution in [0.1, 0.15) is 46.7 Å². The molecule has 7 heteroatoms. The number of rotatable bonds is 5. The lowest BCUT2D eigenvalue weighted by atomic mass is 10.2. The largest absolute Gasteiger partial charge is 0.379 e. The van der Waals surface area contributed by atoms with E-state index in [0.717, 1.165) is 58.8 Å². The Balaban J connectivity index is 1.53. The van der Waals surface area contributed by atoms with Crippen LogP contribution in [0.25, 0.3) is 0 Å². The monoisotopic (exact) mass is 360 g/mol. The van der Waals surface area contributed by atoms with Gasteiger partial charge in [-0.3, -0.25) is 14.5 Å². The molecule has 2 amide bonds. The van der Waals surface area contributed by atoms with E-state index in [0.29, 0.717) is 17.9 Å². The van der Waals surface area contributed by atoms with Gasteiger partial charge in [0, 0.05) is 39.3 Å². The van der Waals surface area contributed by atoms with Crippen LogP contribution in [0.4, 0.5) is 0 Å². The number of carbonyl (C=O) groups is 2. The lowest BCUT2D eigenvalue weighted by Crippen LogP contribution is -2.41. The highest BCUT2D eigenvalue weighted by molar-refractivity contribution is 5.96. The molecular weight excluding hydrogens is 332 g/mol. The predicted molar refractivity (Wildman–Crippen MR) is 98.2 cm³/mol. The highest BCUT2D eigenvalue weighted by Gasteiger charge is 2.19. The fraction of sp³-hybridized carbons (Fsp3) is 0.632. The van der Waals surface area contributed by atoms with Crippen molar-refractivity contribution in [1.29, 1.82) is 0 Å². The summed E-state index contributed by atoms with van der Waals surface area (Å²) in [6.45, 7) is 6.19. The number of morpholine rings is 1. The first-order chi connectivity index (χ1) is 12.7. The van der Waals surface area contributed by atoms with Gasteiger partial charge in [0.2, 0.25) is 0 Å². The molecule has 0 bridgehead atoms. The van der Waals surface area contributed by atoms with E-state index in [2.05, 4.69) is 15.2 Å². The summed E-state index contributed by atoms with van der Waals surface area (Å²) in [6, 6.07) is 5.08. The summed E-state index contributed by atoms with van der Waals surface area (Å²) >= 11 is 0. The first-order valence-electron chi connectivity index (χ1n) is 9.59. The summed E-state index contributed by atoms with van der Waals surface area (Å²) in [5, 5.41) is 2.89. The molecule has 0 spiro atoms. The molecule has 1 N–H and O–H groups in total. The third-order valence-corrected chi connectivity index (χ3v) is 4.91. The highest BCUT2D eigenvalue weighted by atomic mass is 16.5. The maximum absolute atomic E-state index is 12.7. The quantitative estimate of drug-likeness (QED) is 0.853. The van der Waals surface area contributed by atoms with Gasteiger partial charge in [-0.15, -0.1) is 0 Å². The van der Waals surface area contributed by atoms with Gasteiger partial charge in [-0.25, -0.2) is 4.98 Å². The Morgan fingerprint density at radius 3 is 2.42 bits per heavy atom. The minimum atomic E-state index is -0.233. The maximum atomic E-state index is 12.7. The van der Waals surface area contributed by atoms with Gasteiger partial charge in [-0.05, 0) is 25.0 Å². The van der Waals surface area contributed by atoms with Crippen molar-refractivity contribution in [2.45, 2.75) is 25.7 Å². The normalized spacial score (nSPS) is 19.0. The van der Waals surface area contributed by atoms with E-state index in [9.17, 15) is 9.59 Å². The zero-order chi connectivity index (χ0) is 18.2. The number of hydrogen-bond donors (Lipinski definition) is 1. The van der Waals surface area contributed by atoms with Crippen LogP contribution in [0, 0.1) is 0 Å². The van der Waals surface area contributed by atoms with Crippen molar-refractivity contribution >= 4 is 11.8 Å². The summed E-state index contributed by atoms with van der Waals surface area (Å²) in [5.74, 6) is -0.307. The van der Waals surface area contributed by atoms with Crippen LogP contribution in [0.2, 0.25) is 0 Å². The fourth-order valence-corrected chi connectivity index (χ4v) is 3.36. The van der Waals surface area contributed by atoms with E-state index in [-0.39, 0.29) is 11.8 Å². The summed E-state index contributed by atoms with van der Waals surface area (Å²) in [6.07, 6.45) is 4.41. The number of hydrogen-bond acceptors (Lipinski definition) is 5. The molecule has 142 valence electrons. The fourth-order valence-electron chi connectivity index (χ4n) is 3.36. The molecule has 0 radical (unpaired) electrons. The molecule has 3 rings (SSSR count).